The summed E-state index contributed by atoms with van der Waals surface area (Å²) in [6, 6.07) is 3.46. The van der Waals surface area contributed by atoms with Crippen molar-refractivity contribution in [2.75, 3.05) is 50.8 Å². The number of nitrogens with one attached hydrogen (secondary N) is 2. The Bertz CT molecular complexity index is 1510. The third-order valence-electron chi connectivity index (χ3n) is 14.6. The molecule has 1 aliphatic heterocycles. The Kier molecular flexibility index (Phi) is 12.9. The van der Waals surface area contributed by atoms with Crippen molar-refractivity contribution in [1.29, 1.82) is 0 Å². The van der Waals surface area contributed by atoms with Gasteiger partial charge in [0.25, 0.3) is 0 Å². The van der Waals surface area contributed by atoms with Gasteiger partial charge in [-0.2, -0.15) is 0 Å². The number of hydrogen-bond acceptors (Lipinski definition) is 8. The summed E-state index contributed by atoms with van der Waals surface area (Å²) in [4.78, 5) is 52.4. The minimum atomic E-state index is -0.274. The lowest BCUT2D eigenvalue weighted by atomic mass is 9.43. The number of carbonyl (C=O) groups is 4. The fraction of sp³-hybridized carbons (Fsp3) is 0.762. The minimum absolute atomic E-state index is 0.0273. The second-order valence-electron chi connectivity index (χ2n) is 17.5. The lowest BCUT2D eigenvalue weighted by Crippen LogP contribution is -2.58. The summed E-state index contributed by atoms with van der Waals surface area (Å²) < 4.78 is 11.4. The van der Waals surface area contributed by atoms with Crippen molar-refractivity contribution in [3.8, 4) is 0 Å². The first kappa shape index (κ1) is 40.4. The van der Waals surface area contributed by atoms with Crippen LogP contribution in [0.5, 0.6) is 0 Å². The number of carbonyl (C=O) groups excluding carboxylic acids is 4. The predicted molar refractivity (Wildman–Crippen MR) is 204 cm³/mol. The van der Waals surface area contributed by atoms with E-state index >= 15 is 0 Å². The van der Waals surface area contributed by atoms with Gasteiger partial charge in [0.1, 0.15) is 12.3 Å². The van der Waals surface area contributed by atoms with E-state index in [0.29, 0.717) is 99.4 Å². The zero-order chi connectivity index (χ0) is 38.6. The van der Waals surface area contributed by atoms with Gasteiger partial charge >= 0.3 is 0 Å². The van der Waals surface area contributed by atoms with Crippen molar-refractivity contribution in [2.45, 2.75) is 110 Å². The van der Waals surface area contributed by atoms with Crippen molar-refractivity contribution in [3.63, 3.8) is 0 Å². The number of hydrogen-bond donors (Lipinski definition) is 4. The number of aliphatic hydroxyl groups is 2. The van der Waals surface area contributed by atoms with E-state index in [1.165, 1.54) is 41.6 Å². The van der Waals surface area contributed by atoms with Crippen LogP contribution in [0.2, 0.25) is 0 Å². The molecule has 4 aliphatic carbocycles. The average molecular weight is 753 g/mol. The predicted octanol–water partition coefficient (Wildman–Crippen LogP) is 4.23. The molecule has 5 aliphatic rings. The molecule has 6 rings (SSSR count). The maximum atomic E-state index is 12.8. The van der Waals surface area contributed by atoms with Crippen molar-refractivity contribution in [2.24, 2.45) is 46.3 Å². The van der Waals surface area contributed by atoms with Crippen LogP contribution in [0, 0.1) is 46.3 Å². The Morgan fingerprint density at radius 2 is 1.69 bits per heavy atom. The molecule has 300 valence electrons. The second-order valence-corrected chi connectivity index (χ2v) is 17.5. The van der Waals surface area contributed by atoms with Crippen LogP contribution in [0.1, 0.15) is 97.2 Å². The van der Waals surface area contributed by atoms with Crippen LogP contribution >= 0.6 is 0 Å². The number of aliphatic hydroxyl groups excluding tert-OH is 2. The summed E-state index contributed by atoms with van der Waals surface area (Å²) in [6.45, 7) is 12.9. The zero-order valence-corrected chi connectivity index (χ0v) is 32.7. The molecule has 2 heterocycles. The van der Waals surface area contributed by atoms with Crippen molar-refractivity contribution in [3.05, 3.63) is 30.5 Å². The summed E-state index contributed by atoms with van der Waals surface area (Å²) in [6.07, 6.45) is 11.0. The van der Waals surface area contributed by atoms with Gasteiger partial charge in [-0.3, -0.25) is 24.1 Å². The molecule has 12 nitrogen and oxygen atoms in total. The van der Waals surface area contributed by atoms with Crippen LogP contribution in [0.25, 0.3) is 0 Å². The van der Waals surface area contributed by atoms with E-state index in [1.54, 1.807) is 12.1 Å². The molecule has 0 aromatic carbocycles. The number of ether oxygens (including phenoxy) is 1. The van der Waals surface area contributed by atoms with E-state index in [0.717, 1.165) is 32.1 Å². The Labute approximate surface area is 320 Å². The monoisotopic (exact) mass is 752 g/mol. The van der Waals surface area contributed by atoms with Gasteiger partial charge in [0.2, 0.25) is 29.5 Å². The van der Waals surface area contributed by atoms with Crippen molar-refractivity contribution >= 4 is 29.5 Å². The van der Waals surface area contributed by atoms with Gasteiger partial charge in [-0.15, -0.1) is 0 Å². The second kappa shape index (κ2) is 17.3. The van der Waals surface area contributed by atoms with Gasteiger partial charge in [-0.25, -0.2) is 0 Å². The van der Waals surface area contributed by atoms with Gasteiger partial charge < -0.3 is 34.9 Å². The quantitative estimate of drug-likeness (QED) is 0.153. The number of piperazine rings is 1. The lowest BCUT2D eigenvalue weighted by Gasteiger charge is -2.62. The maximum Gasteiger partial charge on any atom is 0.248 e. The molecule has 10 atom stereocenters. The molecule has 0 radical (unpaired) electrons. The molecular weight excluding hydrogens is 688 g/mol. The Hall–Kier alpha value is -3.22. The van der Waals surface area contributed by atoms with Crippen LogP contribution in [-0.4, -0.2) is 96.9 Å². The topological polar surface area (TPSA) is 162 Å². The molecule has 4 amide bonds. The molecule has 12 heteroatoms. The van der Waals surface area contributed by atoms with Crippen molar-refractivity contribution < 1.29 is 38.5 Å². The smallest absolute Gasteiger partial charge is 0.248 e. The van der Waals surface area contributed by atoms with Crippen LogP contribution in [0.15, 0.2) is 29.2 Å². The number of anilines is 1. The van der Waals surface area contributed by atoms with E-state index in [4.69, 9.17) is 9.15 Å². The maximum absolute atomic E-state index is 12.8. The average Bonchev–Trinajstić information content (AvgIpc) is 3.77. The van der Waals surface area contributed by atoms with Crippen LogP contribution in [0.3, 0.4) is 0 Å². The van der Waals surface area contributed by atoms with Crippen LogP contribution in [-0.2, 0) is 30.3 Å². The number of aryl methyl sites for hydroxylation is 1. The van der Waals surface area contributed by atoms with Gasteiger partial charge in [0.15, 0.2) is 0 Å². The van der Waals surface area contributed by atoms with E-state index in [1.807, 2.05) is 0 Å². The summed E-state index contributed by atoms with van der Waals surface area (Å²) in [5.41, 5.74) is 0.435. The Morgan fingerprint density at radius 3 is 2.41 bits per heavy atom. The fourth-order valence-electron chi connectivity index (χ4n) is 11.6. The molecule has 1 aromatic rings. The highest BCUT2D eigenvalue weighted by molar-refractivity contribution is 5.98. The Balaban J connectivity index is 0.827. The number of amides is 4. The standard InChI is InChI=1S/C42H64N4O8/c1-5-37(51)45-20-21-46(38(52)26-45)39-13-8-30(54-39)7-12-36(50)44-19-23-53-22-18-43-35(49)11-6-27(2)31-9-10-32-40-33(15-17-42(31,32)4)41(3)16-14-29(47)24-28(41)25-34(40)48/h5,8,13,27-29,31-34,40,47-48H,1,6-7,9-12,14-26H2,2-4H3,(H,43,49)(H,44,50)/t27-,28?,29-,31-,32+,33+,34-,40+,41+,42-/m1/s1. The lowest BCUT2D eigenvalue weighted by molar-refractivity contribution is -0.174. The van der Waals surface area contributed by atoms with E-state index < -0.39 is 0 Å². The molecule has 4 saturated carbocycles. The Morgan fingerprint density at radius 1 is 0.981 bits per heavy atom. The normalized spacial score (nSPS) is 34.0. The minimum Gasteiger partial charge on any atom is -0.445 e. The highest BCUT2D eigenvalue weighted by Gasteiger charge is 2.62. The summed E-state index contributed by atoms with van der Waals surface area (Å²) >= 11 is 0. The zero-order valence-electron chi connectivity index (χ0n) is 32.7. The molecule has 1 aromatic heterocycles. The molecule has 1 saturated heterocycles. The first-order chi connectivity index (χ1) is 25.8. The first-order valence-corrected chi connectivity index (χ1v) is 20.6. The van der Waals surface area contributed by atoms with Gasteiger partial charge in [0.05, 0.1) is 25.4 Å². The van der Waals surface area contributed by atoms with Gasteiger partial charge in [0, 0.05) is 51.5 Å². The SMILES string of the molecule is C=CC(=O)N1CCN(c2ccc(CCC(=O)NCCOCCNC(=O)CC[C@@H](C)[C@H]3CC[C@H]4[C@@H]5[C@H](O)CC6C[C@H](O)CC[C@]6(C)[C@H]5CC[C@]34C)o2)C(=O)C1. The van der Waals surface area contributed by atoms with E-state index in [-0.39, 0.29) is 59.6 Å². The molecule has 54 heavy (non-hydrogen) atoms. The van der Waals surface area contributed by atoms with E-state index in [9.17, 15) is 29.4 Å². The summed E-state index contributed by atoms with van der Waals surface area (Å²) in [7, 11) is 0. The van der Waals surface area contributed by atoms with Gasteiger partial charge in [-0.05, 0) is 116 Å². The number of nitrogens with zero attached hydrogens (tertiary/aromatic N) is 2. The molecular formula is C42H64N4O8. The molecule has 0 spiro atoms. The summed E-state index contributed by atoms with van der Waals surface area (Å²) in [5, 5.41) is 27.7. The first-order valence-electron chi connectivity index (χ1n) is 20.6. The fourth-order valence-corrected chi connectivity index (χ4v) is 11.6. The third kappa shape index (κ3) is 8.60. The van der Waals surface area contributed by atoms with Crippen LogP contribution < -0.4 is 15.5 Å². The van der Waals surface area contributed by atoms with Crippen LogP contribution in [0.4, 0.5) is 5.88 Å². The van der Waals surface area contributed by atoms with E-state index in [2.05, 4.69) is 38.0 Å². The molecule has 0 bridgehead atoms. The number of fused-ring (bicyclic) bond motifs is 5. The number of furan rings is 1. The van der Waals surface area contributed by atoms with Gasteiger partial charge in [-0.1, -0.05) is 27.4 Å². The molecule has 4 N–H and O–H groups in total. The highest BCUT2D eigenvalue weighted by Crippen LogP contribution is 2.68. The number of rotatable bonds is 15. The largest absolute Gasteiger partial charge is 0.445 e. The van der Waals surface area contributed by atoms with Crippen molar-refractivity contribution in [1.82, 2.24) is 15.5 Å². The summed E-state index contributed by atoms with van der Waals surface area (Å²) in [5.74, 6) is 3.27. The highest BCUT2D eigenvalue weighted by atomic mass is 16.5. The molecule has 5 fully saturated rings. The molecule has 1 unspecified atom stereocenters. The third-order valence-corrected chi connectivity index (χ3v) is 14.6.